The second-order valence-electron chi connectivity index (χ2n) is 5.86. The number of amides is 2. The van der Waals surface area contributed by atoms with E-state index in [1.807, 2.05) is 0 Å². The number of rotatable bonds is 7. The van der Waals surface area contributed by atoms with Crippen molar-refractivity contribution in [2.75, 3.05) is 17.7 Å². The maximum absolute atomic E-state index is 14.2. The van der Waals surface area contributed by atoms with E-state index in [1.165, 1.54) is 31.4 Å². The molecule has 1 heterocycles. The number of anilines is 4. The lowest BCUT2D eigenvalue weighted by atomic mass is 10.2. The first kappa shape index (κ1) is 19.5. The number of nitrogens with zero attached hydrogens (tertiary/aromatic N) is 2. The van der Waals surface area contributed by atoms with Gasteiger partial charge in [-0.05, 0) is 36.4 Å². The highest BCUT2D eigenvalue weighted by atomic mass is 19.1. The first-order chi connectivity index (χ1) is 13.9. The van der Waals surface area contributed by atoms with Gasteiger partial charge in [0.05, 0.1) is 19.0 Å². The van der Waals surface area contributed by atoms with Crippen LogP contribution in [0.5, 0.6) is 5.75 Å². The van der Waals surface area contributed by atoms with E-state index in [0.717, 1.165) is 6.20 Å². The number of ether oxygens (including phenoxy) is 1. The van der Waals surface area contributed by atoms with Crippen molar-refractivity contribution in [1.82, 2.24) is 9.97 Å². The molecular formula is C19H17FN6O3. The number of aromatic nitrogens is 2. The lowest BCUT2D eigenvalue weighted by Gasteiger charge is -2.13. The molecule has 0 aliphatic heterocycles. The molecule has 0 bridgehead atoms. The number of hydrogen-bond donors (Lipinski definition) is 4. The van der Waals surface area contributed by atoms with Crippen LogP contribution in [0.4, 0.5) is 27.5 Å². The van der Waals surface area contributed by atoms with Crippen molar-refractivity contribution in [1.29, 1.82) is 0 Å². The molecule has 0 spiro atoms. The van der Waals surface area contributed by atoms with Crippen LogP contribution in [0.15, 0.2) is 48.7 Å². The standard InChI is InChI=1S/C19H17FN6O3/c1-29-15-8-11(17(22)28)5-6-14(15)25-18-13(20)9-23-19(26-18)24-12-4-2-3-10(7-12)16(21)27/h2-9H,1H3,(H2,21,27)(H2,22,28)(H2,23,24,25,26). The zero-order valence-electron chi connectivity index (χ0n) is 15.3. The van der Waals surface area contributed by atoms with E-state index in [-0.39, 0.29) is 23.1 Å². The lowest BCUT2D eigenvalue weighted by Crippen LogP contribution is -2.11. The van der Waals surface area contributed by atoms with Crippen molar-refractivity contribution < 1.29 is 18.7 Å². The number of benzene rings is 2. The van der Waals surface area contributed by atoms with Gasteiger partial charge in [0, 0.05) is 16.8 Å². The summed E-state index contributed by atoms with van der Waals surface area (Å²) in [6.07, 6.45) is 0.986. The number of halogens is 1. The van der Waals surface area contributed by atoms with Gasteiger partial charge in [-0.3, -0.25) is 9.59 Å². The molecule has 3 aromatic rings. The molecule has 0 unspecified atom stereocenters. The Labute approximate surface area is 164 Å². The average molecular weight is 396 g/mol. The van der Waals surface area contributed by atoms with E-state index >= 15 is 0 Å². The minimum atomic E-state index is -0.706. The van der Waals surface area contributed by atoms with Crippen molar-refractivity contribution in [3.05, 3.63) is 65.6 Å². The Balaban J connectivity index is 1.87. The number of nitrogens with one attached hydrogen (secondary N) is 2. The molecule has 0 saturated carbocycles. The van der Waals surface area contributed by atoms with Crippen LogP contribution in [-0.2, 0) is 0 Å². The van der Waals surface area contributed by atoms with Gasteiger partial charge in [0.25, 0.3) is 0 Å². The Hall–Kier alpha value is -4.21. The predicted octanol–water partition coefficient (Wildman–Crippen LogP) is 2.31. The summed E-state index contributed by atoms with van der Waals surface area (Å²) in [5.41, 5.74) is 11.9. The smallest absolute Gasteiger partial charge is 0.248 e. The van der Waals surface area contributed by atoms with Crippen molar-refractivity contribution in [3.8, 4) is 5.75 Å². The molecule has 148 valence electrons. The zero-order chi connectivity index (χ0) is 21.0. The lowest BCUT2D eigenvalue weighted by molar-refractivity contribution is 0.0991. The second kappa shape index (κ2) is 8.21. The number of carbonyl (C=O) groups is 2. The van der Waals surface area contributed by atoms with E-state index in [4.69, 9.17) is 16.2 Å². The van der Waals surface area contributed by atoms with Crippen LogP contribution >= 0.6 is 0 Å². The maximum atomic E-state index is 14.2. The molecule has 10 heteroatoms. The molecule has 0 fully saturated rings. The van der Waals surface area contributed by atoms with E-state index in [0.29, 0.717) is 16.9 Å². The van der Waals surface area contributed by atoms with Crippen molar-refractivity contribution in [2.45, 2.75) is 0 Å². The van der Waals surface area contributed by atoms with Gasteiger partial charge in [-0.1, -0.05) is 6.07 Å². The summed E-state index contributed by atoms with van der Waals surface area (Å²) >= 11 is 0. The molecule has 0 aliphatic rings. The topological polar surface area (TPSA) is 145 Å². The first-order valence-electron chi connectivity index (χ1n) is 8.31. The maximum Gasteiger partial charge on any atom is 0.248 e. The van der Waals surface area contributed by atoms with Crippen LogP contribution in [0, 0.1) is 5.82 Å². The van der Waals surface area contributed by atoms with Gasteiger partial charge in [-0.15, -0.1) is 0 Å². The molecule has 0 saturated heterocycles. The van der Waals surface area contributed by atoms with Gasteiger partial charge in [0.15, 0.2) is 11.6 Å². The van der Waals surface area contributed by atoms with Crippen LogP contribution < -0.4 is 26.8 Å². The SMILES string of the molecule is COc1cc(C(N)=O)ccc1Nc1nc(Nc2cccc(C(N)=O)c2)ncc1F. The molecule has 3 rings (SSSR count). The average Bonchev–Trinajstić information content (AvgIpc) is 2.70. The molecule has 6 N–H and O–H groups in total. The van der Waals surface area contributed by atoms with Gasteiger partial charge >= 0.3 is 0 Å². The first-order valence-corrected chi connectivity index (χ1v) is 8.31. The van der Waals surface area contributed by atoms with Crippen LogP contribution in [0.3, 0.4) is 0 Å². The number of methoxy groups -OCH3 is 1. The molecule has 29 heavy (non-hydrogen) atoms. The Morgan fingerprint density at radius 1 is 1.03 bits per heavy atom. The van der Waals surface area contributed by atoms with Crippen LogP contribution in [-0.4, -0.2) is 28.9 Å². The molecule has 0 aliphatic carbocycles. The summed E-state index contributed by atoms with van der Waals surface area (Å²) in [4.78, 5) is 30.6. The zero-order valence-corrected chi connectivity index (χ0v) is 15.3. The van der Waals surface area contributed by atoms with Crippen LogP contribution in [0.1, 0.15) is 20.7 Å². The van der Waals surface area contributed by atoms with Crippen LogP contribution in [0.25, 0.3) is 0 Å². The number of carbonyl (C=O) groups excluding carboxylic acids is 2. The molecule has 1 aromatic heterocycles. The highest BCUT2D eigenvalue weighted by molar-refractivity contribution is 5.94. The van der Waals surface area contributed by atoms with E-state index in [1.54, 1.807) is 18.2 Å². The number of nitrogens with two attached hydrogens (primary N) is 2. The minimum Gasteiger partial charge on any atom is -0.495 e. The van der Waals surface area contributed by atoms with Gasteiger partial charge < -0.3 is 26.8 Å². The number of primary amides is 2. The van der Waals surface area contributed by atoms with Gasteiger partial charge in [-0.2, -0.15) is 4.98 Å². The van der Waals surface area contributed by atoms with Gasteiger partial charge in [-0.25, -0.2) is 9.37 Å². The molecule has 9 nitrogen and oxygen atoms in total. The summed E-state index contributed by atoms with van der Waals surface area (Å²) in [6.45, 7) is 0. The summed E-state index contributed by atoms with van der Waals surface area (Å²) in [6, 6.07) is 10.8. The third kappa shape index (κ3) is 4.56. The van der Waals surface area contributed by atoms with Gasteiger partial charge in [0.2, 0.25) is 17.8 Å². The third-order valence-corrected chi connectivity index (χ3v) is 3.89. The molecule has 0 radical (unpaired) electrons. The van der Waals surface area contributed by atoms with Crippen molar-refractivity contribution in [2.24, 2.45) is 11.5 Å². The predicted molar refractivity (Wildman–Crippen MR) is 105 cm³/mol. The van der Waals surface area contributed by atoms with Gasteiger partial charge in [0.1, 0.15) is 5.75 Å². The van der Waals surface area contributed by atoms with Crippen molar-refractivity contribution >= 4 is 35.0 Å². The minimum absolute atomic E-state index is 0.0863. The molecule has 2 aromatic carbocycles. The Kier molecular flexibility index (Phi) is 5.54. The second-order valence-corrected chi connectivity index (χ2v) is 5.86. The molecular weight excluding hydrogens is 379 g/mol. The molecule has 0 atom stereocenters. The quantitative estimate of drug-likeness (QED) is 0.479. The summed E-state index contributed by atoms with van der Waals surface area (Å²) in [5, 5.41) is 5.67. The van der Waals surface area contributed by atoms with Crippen molar-refractivity contribution in [3.63, 3.8) is 0 Å². The van der Waals surface area contributed by atoms with E-state index < -0.39 is 17.6 Å². The fourth-order valence-electron chi connectivity index (χ4n) is 2.47. The monoisotopic (exact) mass is 396 g/mol. The Morgan fingerprint density at radius 3 is 2.45 bits per heavy atom. The van der Waals surface area contributed by atoms with Crippen LogP contribution in [0.2, 0.25) is 0 Å². The highest BCUT2D eigenvalue weighted by Crippen LogP contribution is 2.29. The van der Waals surface area contributed by atoms with E-state index in [9.17, 15) is 14.0 Å². The largest absolute Gasteiger partial charge is 0.495 e. The fraction of sp³-hybridized carbons (Fsp3) is 0.0526. The highest BCUT2D eigenvalue weighted by Gasteiger charge is 2.13. The Bertz CT molecular complexity index is 1090. The summed E-state index contributed by atoms with van der Waals surface area (Å²) < 4.78 is 19.4. The fourth-order valence-corrected chi connectivity index (χ4v) is 2.47. The Morgan fingerprint density at radius 2 is 1.76 bits per heavy atom. The summed E-state index contributed by atoms with van der Waals surface area (Å²) in [7, 11) is 1.40. The third-order valence-electron chi connectivity index (χ3n) is 3.89. The number of hydrogen-bond acceptors (Lipinski definition) is 7. The summed E-state index contributed by atoms with van der Waals surface area (Å²) in [5.74, 6) is -1.66. The molecule has 2 amide bonds. The normalized spacial score (nSPS) is 10.3. The van der Waals surface area contributed by atoms with E-state index in [2.05, 4.69) is 20.6 Å².